The Labute approximate surface area is 242 Å². The quantitative estimate of drug-likeness (QED) is 0.326. The predicted molar refractivity (Wildman–Crippen MR) is 153 cm³/mol. The van der Waals surface area contributed by atoms with Gasteiger partial charge in [-0.15, -0.1) is 0 Å². The first-order valence-electron chi connectivity index (χ1n) is 13.5. The van der Waals surface area contributed by atoms with Gasteiger partial charge < -0.3 is 34.7 Å². The molecule has 1 saturated heterocycles. The minimum atomic E-state index is -0.599. The Bertz CT molecular complexity index is 1470. The minimum absolute atomic E-state index is 0.0874. The summed E-state index contributed by atoms with van der Waals surface area (Å²) in [6.07, 6.45) is 5.04. The Kier molecular flexibility index (Phi) is 7.99. The average molecular weight is 586 g/mol. The van der Waals surface area contributed by atoms with E-state index in [4.69, 9.17) is 25.8 Å². The number of anilines is 2. The van der Waals surface area contributed by atoms with Crippen LogP contribution in [-0.2, 0) is 11.2 Å². The molecule has 3 aromatic rings. The van der Waals surface area contributed by atoms with Crippen molar-refractivity contribution in [1.82, 2.24) is 20.2 Å². The van der Waals surface area contributed by atoms with Gasteiger partial charge in [0.1, 0.15) is 23.8 Å². The van der Waals surface area contributed by atoms with Crippen molar-refractivity contribution in [2.45, 2.75) is 51.7 Å². The number of carbonyl (C=O) groups is 2. The van der Waals surface area contributed by atoms with Crippen LogP contribution in [0.1, 0.15) is 49.7 Å². The maximum absolute atomic E-state index is 14.4. The number of fused-ring (bicyclic) bond motifs is 1. The molecule has 1 fully saturated rings. The van der Waals surface area contributed by atoms with E-state index in [1.54, 1.807) is 23.4 Å². The van der Waals surface area contributed by atoms with Crippen LogP contribution in [0.2, 0.25) is 5.02 Å². The zero-order chi connectivity index (χ0) is 29.3. The van der Waals surface area contributed by atoms with Gasteiger partial charge in [-0.05, 0) is 45.7 Å². The molecule has 0 bridgehead atoms. The van der Waals surface area contributed by atoms with Crippen molar-refractivity contribution in [1.29, 1.82) is 0 Å². The van der Waals surface area contributed by atoms with Crippen LogP contribution in [0.4, 0.5) is 20.6 Å². The molecule has 2 aliphatic rings. The fourth-order valence-corrected chi connectivity index (χ4v) is 5.44. The van der Waals surface area contributed by atoms with Crippen molar-refractivity contribution >= 4 is 35.0 Å². The molecule has 0 saturated carbocycles. The number of halogens is 2. The number of likely N-dealkylation sites (tertiary alicyclic amines) is 1. The van der Waals surface area contributed by atoms with E-state index in [2.05, 4.69) is 20.6 Å². The number of aromatic nitrogens is 2. The third-order valence-corrected chi connectivity index (χ3v) is 7.21. The highest BCUT2D eigenvalue weighted by molar-refractivity contribution is 6.32. The first-order chi connectivity index (χ1) is 19.6. The average Bonchev–Trinajstić information content (AvgIpc) is 3.52. The van der Waals surface area contributed by atoms with Crippen molar-refractivity contribution in [2.75, 3.05) is 32.1 Å². The molecule has 3 N–H and O–H groups in total. The lowest BCUT2D eigenvalue weighted by Gasteiger charge is -2.28. The molecule has 4 heterocycles. The Balaban J connectivity index is 1.49. The lowest BCUT2D eigenvalue weighted by atomic mass is 10.0. The van der Waals surface area contributed by atoms with Gasteiger partial charge in [-0.3, -0.25) is 9.78 Å². The molecule has 10 nitrogen and oxygen atoms in total. The van der Waals surface area contributed by atoms with Crippen LogP contribution in [0.15, 0.2) is 30.6 Å². The number of benzene rings is 1. The van der Waals surface area contributed by atoms with E-state index in [0.717, 1.165) is 24.6 Å². The number of hydrogen-bond acceptors (Lipinski definition) is 7. The summed E-state index contributed by atoms with van der Waals surface area (Å²) < 4.78 is 31.6. The molecule has 218 valence electrons. The molecule has 2 amide bonds. The molecule has 12 heteroatoms. The van der Waals surface area contributed by atoms with E-state index < -0.39 is 11.4 Å². The summed E-state index contributed by atoms with van der Waals surface area (Å²) in [5.74, 6) is -0.143. The molecule has 1 aromatic carbocycles. The van der Waals surface area contributed by atoms with Gasteiger partial charge in [-0.1, -0.05) is 11.6 Å². The SMILES string of the molecule is COc1c(Cl)cc(F)cc1Nc1c(-c2ccncc2OC[C@@H]2CCCN2C(=O)OC(C)(C)C)[nH]c2c1C(=O)NCC2. The first-order valence-corrected chi connectivity index (χ1v) is 13.8. The van der Waals surface area contributed by atoms with Gasteiger partial charge in [-0.25, -0.2) is 9.18 Å². The van der Waals surface area contributed by atoms with E-state index in [0.29, 0.717) is 47.8 Å². The number of H-pyrrole nitrogens is 1. The highest BCUT2D eigenvalue weighted by Crippen LogP contribution is 2.43. The number of methoxy groups -OCH3 is 1. The molecule has 0 spiro atoms. The van der Waals surface area contributed by atoms with Gasteiger partial charge >= 0.3 is 6.09 Å². The summed E-state index contributed by atoms with van der Waals surface area (Å²) in [5, 5.41) is 6.15. The highest BCUT2D eigenvalue weighted by Gasteiger charge is 2.33. The molecular formula is C29H33ClFN5O5. The zero-order valence-electron chi connectivity index (χ0n) is 23.4. The molecule has 1 atom stereocenters. The second-order valence-corrected chi connectivity index (χ2v) is 11.4. The maximum atomic E-state index is 14.4. The molecule has 41 heavy (non-hydrogen) atoms. The fraction of sp³-hybridized carbons (Fsp3) is 0.414. The number of carbonyl (C=O) groups excluding carboxylic acids is 2. The Morgan fingerprint density at radius 3 is 2.88 bits per heavy atom. The minimum Gasteiger partial charge on any atom is -0.493 e. The van der Waals surface area contributed by atoms with Crippen molar-refractivity contribution in [3.63, 3.8) is 0 Å². The largest absolute Gasteiger partial charge is 0.493 e. The third kappa shape index (κ3) is 6.04. The molecule has 0 aliphatic carbocycles. The van der Waals surface area contributed by atoms with E-state index in [-0.39, 0.29) is 41.1 Å². The van der Waals surface area contributed by atoms with Crippen LogP contribution in [0.3, 0.4) is 0 Å². The zero-order valence-corrected chi connectivity index (χ0v) is 24.2. The van der Waals surface area contributed by atoms with Gasteiger partial charge in [-0.2, -0.15) is 0 Å². The highest BCUT2D eigenvalue weighted by atomic mass is 35.5. The number of ether oxygens (including phenoxy) is 3. The van der Waals surface area contributed by atoms with Crippen molar-refractivity contribution in [3.8, 4) is 22.8 Å². The van der Waals surface area contributed by atoms with Crippen LogP contribution in [0, 0.1) is 5.82 Å². The summed E-state index contributed by atoms with van der Waals surface area (Å²) in [6, 6.07) is 4.01. The normalized spacial score (nSPS) is 16.7. The van der Waals surface area contributed by atoms with Gasteiger partial charge in [0.2, 0.25) is 0 Å². The Morgan fingerprint density at radius 1 is 1.32 bits per heavy atom. The number of aromatic amines is 1. The fourth-order valence-electron chi connectivity index (χ4n) is 5.16. The molecular weight excluding hydrogens is 553 g/mol. The van der Waals surface area contributed by atoms with E-state index in [9.17, 15) is 14.0 Å². The molecule has 2 aliphatic heterocycles. The Morgan fingerprint density at radius 2 is 2.12 bits per heavy atom. The van der Waals surface area contributed by atoms with Gasteiger partial charge in [0, 0.05) is 43.0 Å². The number of amides is 2. The summed E-state index contributed by atoms with van der Waals surface area (Å²) in [4.78, 5) is 35.1. The van der Waals surface area contributed by atoms with E-state index >= 15 is 0 Å². The van der Waals surface area contributed by atoms with Gasteiger partial charge in [0.15, 0.2) is 5.75 Å². The molecule has 5 rings (SSSR count). The number of rotatable bonds is 7. The van der Waals surface area contributed by atoms with E-state index in [1.165, 1.54) is 13.2 Å². The summed E-state index contributed by atoms with van der Waals surface area (Å²) >= 11 is 6.24. The second kappa shape index (κ2) is 11.5. The van der Waals surface area contributed by atoms with Crippen LogP contribution in [-0.4, -0.2) is 65.3 Å². The number of nitrogens with zero attached hydrogens (tertiary/aromatic N) is 2. The lowest BCUT2D eigenvalue weighted by molar-refractivity contribution is 0.0187. The number of nitrogens with one attached hydrogen (secondary N) is 3. The van der Waals surface area contributed by atoms with Crippen molar-refractivity contribution in [3.05, 3.63) is 52.7 Å². The van der Waals surface area contributed by atoms with Crippen LogP contribution < -0.4 is 20.1 Å². The van der Waals surface area contributed by atoms with Gasteiger partial charge in [0.05, 0.1) is 47.0 Å². The first kappa shape index (κ1) is 28.5. The van der Waals surface area contributed by atoms with Gasteiger partial charge in [0.25, 0.3) is 5.91 Å². The molecule has 0 unspecified atom stereocenters. The summed E-state index contributed by atoms with van der Waals surface area (Å²) in [6.45, 7) is 6.81. The summed E-state index contributed by atoms with van der Waals surface area (Å²) in [7, 11) is 1.43. The van der Waals surface area contributed by atoms with E-state index in [1.807, 2.05) is 20.8 Å². The number of hydrogen-bond donors (Lipinski definition) is 3. The van der Waals surface area contributed by atoms with Crippen LogP contribution >= 0.6 is 11.6 Å². The van der Waals surface area contributed by atoms with Crippen LogP contribution in [0.25, 0.3) is 11.3 Å². The molecule has 2 aromatic heterocycles. The third-order valence-electron chi connectivity index (χ3n) is 6.93. The Hall–Kier alpha value is -3.99. The topological polar surface area (TPSA) is 118 Å². The monoisotopic (exact) mass is 585 g/mol. The van der Waals surface area contributed by atoms with Crippen molar-refractivity contribution in [2.24, 2.45) is 0 Å². The smallest absolute Gasteiger partial charge is 0.410 e. The van der Waals surface area contributed by atoms with Crippen LogP contribution in [0.5, 0.6) is 11.5 Å². The second-order valence-electron chi connectivity index (χ2n) is 11.0. The standard InChI is InChI=1S/C29H33ClFN5O5/c1-29(2,3)41-28(38)36-11-5-6-17(36)15-40-22-14-32-9-7-18(22)24-25(23-20(34-24)8-10-33-27(23)37)35-21-13-16(31)12-19(30)26(21)39-4/h7,9,12-14,17,34-35H,5-6,8,10-11,15H2,1-4H3,(H,33,37)/t17-/m0/s1. The summed E-state index contributed by atoms with van der Waals surface area (Å²) in [5.41, 5.74) is 2.40. The maximum Gasteiger partial charge on any atom is 0.410 e. The number of pyridine rings is 1. The van der Waals surface area contributed by atoms with Crippen molar-refractivity contribution < 1.29 is 28.2 Å². The molecule has 0 radical (unpaired) electrons. The lowest BCUT2D eigenvalue weighted by Crippen LogP contribution is -2.42. The predicted octanol–water partition coefficient (Wildman–Crippen LogP) is 5.69.